The van der Waals surface area contributed by atoms with Crippen molar-refractivity contribution in [2.75, 3.05) is 0 Å². The second-order valence-electron chi connectivity index (χ2n) is 12.4. The molecule has 2 fully saturated rings. The summed E-state index contributed by atoms with van der Waals surface area (Å²) in [7, 11) is 0. The van der Waals surface area contributed by atoms with Crippen LogP contribution < -0.4 is 0 Å². The Kier molecular flexibility index (Phi) is 11.6. The highest BCUT2D eigenvalue weighted by atomic mass is 35.5. The quantitative estimate of drug-likeness (QED) is 0.137. The lowest BCUT2D eigenvalue weighted by atomic mass is 9.74. The van der Waals surface area contributed by atoms with Gasteiger partial charge in [-0.3, -0.25) is 0 Å². The van der Waals surface area contributed by atoms with Crippen LogP contribution >= 0.6 is 11.6 Å². The Morgan fingerprint density at radius 1 is 0.615 bits per heavy atom. The smallest absolute Gasteiger partial charge is 0.145 e. The molecule has 0 nitrogen and oxygen atoms in total. The van der Waals surface area contributed by atoms with Crippen LogP contribution in [-0.4, -0.2) is 0 Å². The third-order valence-electron chi connectivity index (χ3n) is 9.60. The molecule has 5 heteroatoms. The van der Waals surface area contributed by atoms with E-state index in [2.05, 4.69) is 6.92 Å². The van der Waals surface area contributed by atoms with Crippen LogP contribution in [0.4, 0.5) is 17.6 Å². The summed E-state index contributed by atoms with van der Waals surface area (Å²) in [5.74, 6) is -0.0661. The van der Waals surface area contributed by atoms with Gasteiger partial charge in [0, 0.05) is 5.56 Å². The zero-order valence-electron chi connectivity index (χ0n) is 23.5. The van der Waals surface area contributed by atoms with Crippen molar-refractivity contribution in [3.05, 3.63) is 69.2 Å². The molecule has 2 aromatic rings. The number of rotatable bonds is 12. The molecule has 0 aliphatic heterocycles. The molecule has 0 aromatic heterocycles. The summed E-state index contributed by atoms with van der Waals surface area (Å²) in [5, 5.41) is -0.564. The lowest BCUT2D eigenvalue weighted by molar-refractivity contribution is 0.222. The summed E-state index contributed by atoms with van der Waals surface area (Å²) in [6.45, 7) is 2.28. The van der Waals surface area contributed by atoms with Crippen LogP contribution in [0.25, 0.3) is 0 Å². The minimum atomic E-state index is -0.862. The highest BCUT2D eigenvalue weighted by Crippen LogP contribution is 2.41. The monoisotopic (exact) mass is 564 g/mol. The van der Waals surface area contributed by atoms with E-state index >= 15 is 0 Å². The van der Waals surface area contributed by atoms with Crippen molar-refractivity contribution in [1.29, 1.82) is 0 Å². The lowest BCUT2D eigenvalue weighted by Crippen LogP contribution is -2.18. The van der Waals surface area contributed by atoms with Gasteiger partial charge in [0.05, 0.1) is 0 Å². The first kappa shape index (κ1) is 30.4. The van der Waals surface area contributed by atoms with E-state index in [1.54, 1.807) is 0 Å². The predicted molar refractivity (Wildman–Crippen MR) is 153 cm³/mol. The SMILES string of the molecule is CCCCCCC1CCC(CCC2CCC(c3cc(F)c(CCc4cc(F)c(Cl)c(F)c4)c(F)c3)CC2)CC1. The number of hydrogen-bond donors (Lipinski definition) is 0. The average molecular weight is 565 g/mol. The Balaban J connectivity index is 1.20. The summed E-state index contributed by atoms with van der Waals surface area (Å²) in [6, 6.07) is 5.20. The summed E-state index contributed by atoms with van der Waals surface area (Å²) >= 11 is 5.53. The molecule has 0 saturated heterocycles. The first-order valence-corrected chi connectivity index (χ1v) is 15.8. The van der Waals surface area contributed by atoms with Crippen LogP contribution in [0.5, 0.6) is 0 Å². The van der Waals surface area contributed by atoms with Crippen LogP contribution in [0, 0.1) is 41.0 Å². The number of aryl methyl sites for hydroxylation is 1. The largest absolute Gasteiger partial charge is 0.207 e. The van der Waals surface area contributed by atoms with E-state index in [1.807, 2.05) is 0 Å². The fraction of sp³-hybridized carbons (Fsp3) is 0.647. The van der Waals surface area contributed by atoms with E-state index in [-0.39, 0.29) is 24.3 Å². The minimum Gasteiger partial charge on any atom is -0.207 e. The molecular weight excluding hydrogens is 520 g/mol. The van der Waals surface area contributed by atoms with Crippen LogP contribution in [0.1, 0.15) is 126 Å². The van der Waals surface area contributed by atoms with Gasteiger partial charge in [0.15, 0.2) is 0 Å². The summed E-state index contributed by atoms with van der Waals surface area (Å²) in [5.41, 5.74) is 1.04. The molecule has 2 aliphatic carbocycles. The van der Waals surface area contributed by atoms with Gasteiger partial charge in [-0.05, 0) is 97.6 Å². The van der Waals surface area contributed by atoms with E-state index in [0.717, 1.165) is 61.1 Å². The van der Waals surface area contributed by atoms with E-state index in [0.29, 0.717) is 5.56 Å². The van der Waals surface area contributed by atoms with Crippen molar-refractivity contribution in [2.45, 2.75) is 122 Å². The van der Waals surface area contributed by atoms with Gasteiger partial charge in [-0.25, -0.2) is 17.6 Å². The Bertz CT molecular complexity index is 1010. The van der Waals surface area contributed by atoms with Crippen molar-refractivity contribution in [2.24, 2.45) is 17.8 Å². The molecule has 0 spiro atoms. The maximum atomic E-state index is 14.9. The highest BCUT2D eigenvalue weighted by molar-refractivity contribution is 6.30. The summed E-state index contributed by atoms with van der Waals surface area (Å²) in [4.78, 5) is 0. The van der Waals surface area contributed by atoms with Crippen LogP contribution in [0.3, 0.4) is 0 Å². The molecule has 4 rings (SSSR count). The van der Waals surface area contributed by atoms with Gasteiger partial charge in [-0.1, -0.05) is 89.2 Å². The van der Waals surface area contributed by atoms with Gasteiger partial charge in [0.25, 0.3) is 0 Å². The normalized spacial score (nSPS) is 23.7. The molecule has 0 bridgehead atoms. The number of unbranched alkanes of at least 4 members (excludes halogenated alkanes) is 3. The molecule has 216 valence electrons. The van der Waals surface area contributed by atoms with Crippen LogP contribution in [-0.2, 0) is 12.8 Å². The van der Waals surface area contributed by atoms with Crippen molar-refractivity contribution in [3.63, 3.8) is 0 Å². The standard InChI is InChI=1S/C34H45ClF4/c1-2-3-4-5-6-23-7-9-24(10-8-23)11-12-25-13-16-27(17-14-25)28-21-30(36)29(31(37)22-28)18-15-26-19-32(38)34(35)33(39)20-26/h19-25,27H,2-18H2,1H3. The van der Waals surface area contributed by atoms with Crippen molar-refractivity contribution >= 4 is 11.6 Å². The molecule has 2 saturated carbocycles. The molecular formula is C34H45ClF4. The third kappa shape index (κ3) is 8.72. The summed E-state index contributed by atoms with van der Waals surface area (Å²) < 4.78 is 57.2. The second-order valence-corrected chi connectivity index (χ2v) is 12.7. The average Bonchev–Trinajstić information content (AvgIpc) is 2.93. The third-order valence-corrected chi connectivity index (χ3v) is 9.97. The Morgan fingerprint density at radius 2 is 1.13 bits per heavy atom. The van der Waals surface area contributed by atoms with Crippen molar-refractivity contribution in [3.8, 4) is 0 Å². The first-order chi connectivity index (χ1) is 18.8. The van der Waals surface area contributed by atoms with Gasteiger partial charge < -0.3 is 0 Å². The van der Waals surface area contributed by atoms with Crippen molar-refractivity contribution in [1.82, 2.24) is 0 Å². The second kappa shape index (κ2) is 14.9. The molecule has 0 radical (unpaired) electrons. The minimum absolute atomic E-state index is 0.0288. The molecule has 0 amide bonds. The molecule has 39 heavy (non-hydrogen) atoms. The molecule has 0 heterocycles. The molecule has 0 unspecified atom stereocenters. The molecule has 2 aliphatic rings. The lowest BCUT2D eigenvalue weighted by Gasteiger charge is -2.32. The zero-order chi connectivity index (χ0) is 27.8. The fourth-order valence-corrected chi connectivity index (χ4v) is 7.15. The summed E-state index contributed by atoms with van der Waals surface area (Å²) in [6.07, 6.45) is 19.6. The van der Waals surface area contributed by atoms with Crippen LogP contribution in [0.15, 0.2) is 24.3 Å². The number of hydrogen-bond acceptors (Lipinski definition) is 0. The molecule has 0 N–H and O–H groups in total. The van der Waals surface area contributed by atoms with E-state index in [1.165, 1.54) is 82.8 Å². The molecule has 0 atom stereocenters. The van der Waals surface area contributed by atoms with Gasteiger partial charge in [0.2, 0.25) is 0 Å². The first-order valence-electron chi connectivity index (χ1n) is 15.4. The number of halogens is 5. The predicted octanol–water partition coefficient (Wildman–Crippen LogP) is 11.5. The van der Waals surface area contributed by atoms with Crippen molar-refractivity contribution < 1.29 is 17.6 Å². The van der Waals surface area contributed by atoms with Crippen LogP contribution in [0.2, 0.25) is 5.02 Å². The van der Waals surface area contributed by atoms with Gasteiger partial charge in [-0.2, -0.15) is 0 Å². The van der Waals surface area contributed by atoms with Gasteiger partial charge >= 0.3 is 0 Å². The highest BCUT2D eigenvalue weighted by Gasteiger charge is 2.26. The maximum absolute atomic E-state index is 14.9. The van der Waals surface area contributed by atoms with E-state index < -0.39 is 28.3 Å². The van der Waals surface area contributed by atoms with E-state index in [4.69, 9.17) is 11.6 Å². The van der Waals surface area contributed by atoms with Gasteiger partial charge in [-0.15, -0.1) is 0 Å². The zero-order valence-corrected chi connectivity index (χ0v) is 24.3. The van der Waals surface area contributed by atoms with Gasteiger partial charge in [0.1, 0.15) is 28.3 Å². The topological polar surface area (TPSA) is 0 Å². The Hall–Kier alpha value is -1.55. The maximum Gasteiger partial charge on any atom is 0.145 e. The van der Waals surface area contributed by atoms with E-state index in [9.17, 15) is 17.6 Å². The molecule has 2 aromatic carbocycles. The Labute approximate surface area is 237 Å². The Morgan fingerprint density at radius 3 is 1.67 bits per heavy atom. The number of benzene rings is 2. The fourth-order valence-electron chi connectivity index (χ4n) is 7.04.